The highest BCUT2D eigenvalue weighted by Gasteiger charge is 2.29. The molecule has 6 nitrogen and oxygen atoms in total. The summed E-state index contributed by atoms with van der Waals surface area (Å²) >= 11 is 0. The molecule has 0 N–H and O–H groups in total. The lowest BCUT2D eigenvalue weighted by atomic mass is 9.96. The van der Waals surface area contributed by atoms with Crippen molar-refractivity contribution in [3.63, 3.8) is 0 Å². The first-order chi connectivity index (χ1) is 13.3. The molecule has 1 aromatic heterocycles. The smallest absolute Gasteiger partial charge is 0.257 e. The summed E-state index contributed by atoms with van der Waals surface area (Å²) in [7, 11) is 1.58. The zero-order chi connectivity index (χ0) is 18.6. The predicted molar refractivity (Wildman–Crippen MR) is 101 cm³/mol. The van der Waals surface area contributed by atoms with Gasteiger partial charge < -0.3 is 14.2 Å². The summed E-state index contributed by atoms with van der Waals surface area (Å²) in [5.74, 6) is 2.04. The quantitative estimate of drug-likeness (QED) is 0.706. The van der Waals surface area contributed by atoms with Crippen molar-refractivity contribution in [1.29, 1.82) is 0 Å². The van der Waals surface area contributed by atoms with Crippen LogP contribution in [0.5, 0.6) is 5.75 Å². The molecule has 1 aliphatic heterocycles. The van der Waals surface area contributed by atoms with Crippen LogP contribution in [0, 0.1) is 0 Å². The predicted octanol–water partition coefficient (Wildman–Crippen LogP) is 3.77. The van der Waals surface area contributed by atoms with Gasteiger partial charge in [0.2, 0.25) is 11.7 Å². The van der Waals surface area contributed by atoms with E-state index in [0.29, 0.717) is 36.1 Å². The number of aromatic nitrogens is 2. The highest BCUT2D eigenvalue weighted by molar-refractivity contribution is 5.97. The van der Waals surface area contributed by atoms with Crippen molar-refractivity contribution in [2.24, 2.45) is 0 Å². The van der Waals surface area contributed by atoms with Crippen molar-refractivity contribution >= 4 is 5.91 Å². The fourth-order valence-electron chi connectivity index (χ4n) is 3.43. The lowest BCUT2D eigenvalue weighted by molar-refractivity contribution is 0.0701. The van der Waals surface area contributed by atoms with Gasteiger partial charge >= 0.3 is 0 Å². The maximum absolute atomic E-state index is 12.8. The average molecular weight is 363 g/mol. The van der Waals surface area contributed by atoms with E-state index in [4.69, 9.17) is 9.26 Å². The van der Waals surface area contributed by atoms with Crippen LogP contribution >= 0.6 is 0 Å². The topological polar surface area (TPSA) is 68.5 Å². The van der Waals surface area contributed by atoms with E-state index in [-0.39, 0.29) is 11.8 Å². The first-order valence-electron chi connectivity index (χ1n) is 9.07. The minimum absolute atomic E-state index is 0.00130. The fraction of sp³-hybridized carbons (Fsp3) is 0.286. The van der Waals surface area contributed by atoms with Gasteiger partial charge in [0.1, 0.15) is 5.75 Å². The molecule has 0 unspecified atom stereocenters. The molecule has 0 radical (unpaired) electrons. The Labute approximate surface area is 157 Å². The molecule has 1 aliphatic rings. The molecule has 0 bridgehead atoms. The Hall–Kier alpha value is -3.15. The second-order valence-corrected chi connectivity index (χ2v) is 6.59. The molecule has 4 rings (SSSR count). The molecule has 6 heteroatoms. The normalized spacial score (nSPS) is 14.9. The summed E-state index contributed by atoms with van der Waals surface area (Å²) < 4.78 is 10.8. The van der Waals surface area contributed by atoms with Crippen LogP contribution in [0.1, 0.15) is 35.0 Å². The molecule has 1 fully saturated rings. The Morgan fingerprint density at radius 2 is 1.78 bits per heavy atom. The number of methoxy groups -OCH3 is 1. The van der Waals surface area contributed by atoms with E-state index in [9.17, 15) is 4.79 Å². The van der Waals surface area contributed by atoms with Crippen LogP contribution in [0.15, 0.2) is 59.1 Å². The molecule has 0 spiro atoms. The first kappa shape index (κ1) is 17.3. The monoisotopic (exact) mass is 363 g/mol. The minimum atomic E-state index is 0.00130. The first-order valence-corrected chi connectivity index (χ1v) is 9.07. The standard InChI is InChI=1S/C21H21N3O3/c1-26-18-10-6-5-9-17(18)21(25)24-13-11-16(12-14-24)20-22-19(23-27-20)15-7-3-2-4-8-15/h2-10,16H,11-14H2,1H3. The summed E-state index contributed by atoms with van der Waals surface area (Å²) in [6, 6.07) is 17.1. The summed E-state index contributed by atoms with van der Waals surface area (Å²) in [5.41, 5.74) is 1.54. The van der Waals surface area contributed by atoms with Gasteiger partial charge in [0.05, 0.1) is 12.7 Å². The van der Waals surface area contributed by atoms with Crippen LogP contribution in [0.2, 0.25) is 0 Å². The van der Waals surface area contributed by atoms with Gasteiger partial charge in [0, 0.05) is 24.6 Å². The van der Waals surface area contributed by atoms with Gasteiger partial charge in [-0.25, -0.2) is 0 Å². The Morgan fingerprint density at radius 1 is 1.07 bits per heavy atom. The van der Waals surface area contributed by atoms with Crippen molar-refractivity contribution in [2.75, 3.05) is 20.2 Å². The number of piperidine rings is 1. The van der Waals surface area contributed by atoms with Crippen molar-refractivity contribution in [1.82, 2.24) is 15.0 Å². The summed E-state index contributed by atoms with van der Waals surface area (Å²) in [4.78, 5) is 19.2. The van der Waals surface area contributed by atoms with Gasteiger partial charge in [-0.1, -0.05) is 47.6 Å². The van der Waals surface area contributed by atoms with Crippen molar-refractivity contribution in [3.05, 3.63) is 66.1 Å². The molecule has 1 amide bonds. The van der Waals surface area contributed by atoms with E-state index in [1.165, 1.54) is 0 Å². The molecule has 138 valence electrons. The SMILES string of the molecule is COc1ccccc1C(=O)N1CCC(c2nc(-c3ccccc3)no2)CC1. The zero-order valence-electron chi connectivity index (χ0n) is 15.2. The lowest BCUT2D eigenvalue weighted by Gasteiger charge is -2.30. The van der Waals surface area contributed by atoms with E-state index in [1.54, 1.807) is 13.2 Å². The fourth-order valence-corrected chi connectivity index (χ4v) is 3.43. The minimum Gasteiger partial charge on any atom is -0.496 e. The zero-order valence-corrected chi connectivity index (χ0v) is 15.2. The number of para-hydroxylation sites is 1. The van der Waals surface area contributed by atoms with Crippen molar-refractivity contribution in [2.45, 2.75) is 18.8 Å². The number of rotatable bonds is 4. The number of hydrogen-bond donors (Lipinski definition) is 0. The number of carbonyl (C=O) groups is 1. The molecule has 0 saturated carbocycles. The van der Waals surface area contributed by atoms with Crippen LogP contribution < -0.4 is 4.74 Å². The lowest BCUT2D eigenvalue weighted by Crippen LogP contribution is -2.38. The average Bonchev–Trinajstić information content (AvgIpc) is 3.24. The van der Waals surface area contributed by atoms with Crippen LogP contribution in [0.25, 0.3) is 11.4 Å². The Morgan fingerprint density at radius 3 is 2.52 bits per heavy atom. The maximum Gasteiger partial charge on any atom is 0.257 e. The number of amides is 1. The highest BCUT2D eigenvalue weighted by atomic mass is 16.5. The number of carbonyl (C=O) groups excluding carboxylic acids is 1. The summed E-state index contributed by atoms with van der Waals surface area (Å²) in [5, 5.41) is 4.10. The second kappa shape index (κ2) is 7.61. The van der Waals surface area contributed by atoms with E-state index in [1.807, 2.05) is 53.4 Å². The van der Waals surface area contributed by atoms with Gasteiger partial charge in [0.25, 0.3) is 5.91 Å². The molecular weight excluding hydrogens is 342 g/mol. The van der Waals surface area contributed by atoms with Gasteiger partial charge in [-0.3, -0.25) is 4.79 Å². The van der Waals surface area contributed by atoms with Crippen molar-refractivity contribution < 1.29 is 14.1 Å². The van der Waals surface area contributed by atoms with Crippen LogP contribution in [-0.2, 0) is 0 Å². The van der Waals surface area contributed by atoms with Crippen LogP contribution in [0.3, 0.4) is 0 Å². The largest absolute Gasteiger partial charge is 0.496 e. The number of ether oxygens (including phenoxy) is 1. The molecule has 0 atom stereocenters. The summed E-state index contributed by atoms with van der Waals surface area (Å²) in [6.45, 7) is 1.31. The van der Waals surface area contributed by atoms with Gasteiger partial charge in [-0.2, -0.15) is 4.98 Å². The molecule has 1 saturated heterocycles. The summed E-state index contributed by atoms with van der Waals surface area (Å²) in [6.07, 6.45) is 1.61. The number of nitrogens with zero attached hydrogens (tertiary/aromatic N) is 3. The Bertz CT molecular complexity index is 915. The molecule has 0 aliphatic carbocycles. The van der Waals surface area contributed by atoms with E-state index >= 15 is 0 Å². The van der Waals surface area contributed by atoms with E-state index < -0.39 is 0 Å². The van der Waals surface area contributed by atoms with Crippen LogP contribution in [-0.4, -0.2) is 41.1 Å². The molecule has 27 heavy (non-hydrogen) atoms. The molecule has 2 aromatic carbocycles. The van der Waals surface area contributed by atoms with Gasteiger partial charge in [0.15, 0.2) is 0 Å². The Balaban J connectivity index is 1.42. The Kier molecular flexibility index (Phi) is 4.87. The van der Waals surface area contributed by atoms with E-state index in [2.05, 4.69) is 10.1 Å². The number of likely N-dealkylation sites (tertiary alicyclic amines) is 1. The van der Waals surface area contributed by atoms with Gasteiger partial charge in [-0.15, -0.1) is 0 Å². The third-order valence-corrected chi connectivity index (χ3v) is 4.94. The van der Waals surface area contributed by atoms with Crippen molar-refractivity contribution in [3.8, 4) is 17.1 Å². The second-order valence-electron chi connectivity index (χ2n) is 6.59. The molecule has 2 heterocycles. The molecule has 3 aromatic rings. The number of hydrogen-bond acceptors (Lipinski definition) is 5. The number of benzene rings is 2. The molecular formula is C21H21N3O3. The third kappa shape index (κ3) is 3.56. The maximum atomic E-state index is 12.8. The third-order valence-electron chi connectivity index (χ3n) is 4.94. The van der Waals surface area contributed by atoms with Gasteiger partial charge in [-0.05, 0) is 25.0 Å². The van der Waals surface area contributed by atoms with Crippen LogP contribution in [0.4, 0.5) is 0 Å². The highest BCUT2D eigenvalue weighted by Crippen LogP contribution is 2.30. The van der Waals surface area contributed by atoms with E-state index in [0.717, 1.165) is 18.4 Å².